The molecule has 10 rings (SSSR count). The predicted octanol–water partition coefficient (Wildman–Crippen LogP) is 10.2. The maximum Gasteiger partial charge on any atom is 0.217 e. The quantitative estimate of drug-likeness (QED) is 0.0633. The highest BCUT2D eigenvalue weighted by atomic mass is 16.8. The molecule has 454 valence electrons. The molecule has 0 bridgehead atoms. The summed E-state index contributed by atoms with van der Waals surface area (Å²) >= 11 is 0. The highest BCUT2D eigenvalue weighted by molar-refractivity contribution is 5.73. The number of fused-ring (bicyclic) bond motifs is 1. The number of carbonyl (C=O) groups is 1. The molecule has 5 saturated heterocycles. The minimum absolute atomic E-state index is 0.0333. The molecule has 0 aromatic heterocycles. The molecule has 5 fully saturated rings. The second kappa shape index (κ2) is 29.1. The molecule has 5 aromatic rings. The lowest BCUT2D eigenvalue weighted by atomic mass is 9.81. The van der Waals surface area contributed by atoms with Gasteiger partial charge in [0.05, 0.1) is 70.6 Å². The highest BCUT2D eigenvalue weighted by Gasteiger charge is 2.61. The van der Waals surface area contributed by atoms with Crippen LogP contribution in [0, 0.1) is 29.6 Å². The van der Waals surface area contributed by atoms with E-state index in [-0.39, 0.29) is 68.7 Å². The first-order chi connectivity index (χ1) is 40.8. The van der Waals surface area contributed by atoms with Gasteiger partial charge in [-0.1, -0.05) is 193 Å². The molecule has 5 aliphatic heterocycles. The average Bonchev–Trinajstić information content (AvgIpc) is 1.14. The lowest BCUT2D eigenvalue weighted by molar-refractivity contribution is -0.430. The van der Waals surface area contributed by atoms with Gasteiger partial charge in [0.2, 0.25) is 5.91 Å². The first-order valence-corrected chi connectivity index (χ1v) is 30.2. The molecule has 0 saturated carbocycles. The second-order valence-electron chi connectivity index (χ2n) is 23.8. The van der Waals surface area contributed by atoms with Crippen molar-refractivity contribution in [3.8, 4) is 0 Å². The van der Waals surface area contributed by atoms with Crippen LogP contribution in [0.1, 0.15) is 95.9 Å². The van der Waals surface area contributed by atoms with Crippen LogP contribution in [0.2, 0.25) is 0 Å². The minimum Gasteiger partial charge on any atom is -0.394 e. The van der Waals surface area contributed by atoms with Gasteiger partial charge in [0.25, 0.3) is 0 Å². The molecule has 5 heterocycles. The molecule has 0 radical (unpaired) electrons. The standard InChI is InChI=1S/C68H87NO15/c1-9-53-42(2)45(5)59(81-65-58(44(4)43(3)54(35-70)78-65)73-37-49-27-17-11-18-28-49)66(77-53)82-60-61(74-38-50-29-19-12-20-30-50)67(84-68(8)41-76-63(83-62(60)68)52-33-23-14-24-34-52)80-57-46(6)56(69-47(7)71)64(75-39-51-31-21-13-22-32-51)79-55(57)40-72-36-48-25-15-10-16-26-48/h10-34,42-46,53-67,70H,9,35-41H2,1-8H3,(H,69,71)/t42-,43-,44?,45?,46+,53-,54-,55?,56?,57-,58?,59?,60+,61?,62-,63?,64+,65+,66+,67+,68?/m0/s1. The van der Waals surface area contributed by atoms with Crippen molar-refractivity contribution in [3.63, 3.8) is 0 Å². The van der Waals surface area contributed by atoms with Crippen molar-refractivity contribution in [3.05, 3.63) is 179 Å². The third kappa shape index (κ3) is 14.9. The van der Waals surface area contributed by atoms with Gasteiger partial charge in [-0.25, -0.2) is 0 Å². The topological polar surface area (TPSA) is 169 Å². The molecule has 21 atom stereocenters. The van der Waals surface area contributed by atoms with E-state index in [2.05, 4.69) is 39.9 Å². The Labute approximate surface area is 495 Å². The number of carbonyl (C=O) groups excluding carboxylic acids is 1. The Kier molecular flexibility index (Phi) is 21.5. The third-order valence-corrected chi connectivity index (χ3v) is 17.9. The van der Waals surface area contributed by atoms with E-state index in [1.54, 1.807) is 0 Å². The molecular weight excluding hydrogens is 1070 g/mol. The first kappa shape index (κ1) is 62.1. The van der Waals surface area contributed by atoms with E-state index in [0.29, 0.717) is 19.6 Å². The number of hydrogen-bond donors (Lipinski definition) is 2. The summed E-state index contributed by atoms with van der Waals surface area (Å²) in [7, 11) is 0. The van der Waals surface area contributed by atoms with Crippen LogP contribution in [-0.2, 0) is 92.8 Å². The van der Waals surface area contributed by atoms with Crippen LogP contribution >= 0.6 is 0 Å². The van der Waals surface area contributed by atoms with Crippen LogP contribution in [0.15, 0.2) is 152 Å². The molecule has 0 spiro atoms. The zero-order valence-corrected chi connectivity index (χ0v) is 49.8. The summed E-state index contributed by atoms with van der Waals surface area (Å²) in [4.78, 5) is 13.2. The van der Waals surface area contributed by atoms with E-state index in [4.69, 9.17) is 61.6 Å². The first-order valence-electron chi connectivity index (χ1n) is 30.2. The highest BCUT2D eigenvalue weighted by Crippen LogP contribution is 2.47. The van der Waals surface area contributed by atoms with E-state index < -0.39 is 97.8 Å². The van der Waals surface area contributed by atoms with Gasteiger partial charge in [-0.15, -0.1) is 0 Å². The number of hydrogen-bond acceptors (Lipinski definition) is 15. The fraction of sp³-hybridized carbons (Fsp3) is 0.544. The van der Waals surface area contributed by atoms with Gasteiger partial charge < -0.3 is 72.0 Å². The maximum absolute atomic E-state index is 13.2. The van der Waals surface area contributed by atoms with Crippen molar-refractivity contribution >= 4 is 5.91 Å². The third-order valence-electron chi connectivity index (χ3n) is 17.9. The van der Waals surface area contributed by atoms with Crippen LogP contribution in [0.5, 0.6) is 0 Å². The van der Waals surface area contributed by atoms with Gasteiger partial charge in [0, 0.05) is 18.4 Å². The van der Waals surface area contributed by atoms with Crippen molar-refractivity contribution < 1.29 is 71.5 Å². The van der Waals surface area contributed by atoms with Crippen LogP contribution in [0.3, 0.4) is 0 Å². The molecule has 5 aromatic carbocycles. The van der Waals surface area contributed by atoms with Crippen LogP contribution in [0.25, 0.3) is 0 Å². The Morgan fingerprint density at radius 1 is 0.524 bits per heavy atom. The van der Waals surface area contributed by atoms with Crippen LogP contribution in [0.4, 0.5) is 0 Å². The molecule has 16 heteroatoms. The van der Waals surface area contributed by atoms with Gasteiger partial charge >= 0.3 is 0 Å². The van der Waals surface area contributed by atoms with E-state index >= 15 is 0 Å². The summed E-state index contributed by atoms with van der Waals surface area (Å²) in [6, 6.07) is 48.9. The second-order valence-corrected chi connectivity index (χ2v) is 23.8. The van der Waals surface area contributed by atoms with Crippen molar-refractivity contribution in [1.82, 2.24) is 5.32 Å². The summed E-state index contributed by atoms with van der Waals surface area (Å²) < 4.78 is 91.6. The Morgan fingerprint density at radius 2 is 1.00 bits per heavy atom. The summed E-state index contributed by atoms with van der Waals surface area (Å²) in [6.07, 6.45) is -10.4. The normalized spacial score (nSPS) is 36.1. The average molecular weight is 1160 g/mol. The number of rotatable bonds is 23. The smallest absolute Gasteiger partial charge is 0.217 e. The van der Waals surface area contributed by atoms with Gasteiger partial charge in [0.15, 0.2) is 31.5 Å². The number of ether oxygens (including phenoxy) is 13. The van der Waals surface area contributed by atoms with Gasteiger partial charge in [-0.3, -0.25) is 4.79 Å². The van der Waals surface area contributed by atoms with Crippen molar-refractivity contribution in [2.24, 2.45) is 29.6 Å². The molecule has 9 unspecified atom stereocenters. The van der Waals surface area contributed by atoms with E-state index in [0.717, 1.165) is 27.8 Å². The predicted molar refractivity (Wildman–Crippen MR) is 312 cm³/mol. The molecule has 0 aliphatic carbocycles. The SMILES string of the molecule is CC[C@@H]1O[C@H](O[C@@H]2C(OCc3ccccc3)[C@H](O[C@@H]3C(COCc4ccccc4)O[C@@H](OCc4ccccc4)C(NC(C)=O)[C@H]3C)OC3(C)COC(c4ccccc4)O[C@@H]23)C(O[C@H]2O[C@@H](CO)[C@@H](C)C(C)C2OCc2ccccc2)C(C)[C@@H]1C. The zero-order valence-electron chi connectivity index (χ0n) is 49.8. The van der Waals surface area contributed by atoms with E-state index in [1.807, 2.05) is 166 Å². The van der Waals surface area contributed by atoms with Gasteiger partial charge in [-0.2, -0.15) is 0 Å². The Morgan fingerprint density at radius 3 is 1.57 bits per heavy atom. The van der Waals surface area contributed by atoms with Crippen LogP contribution in [-0.4, -0.2) is 123 Å². The van der Waals surface area contributed by atoms with E-state index in [1.165, 1.54) is 6.92 Å². The van der Waals surface area contributed by atoms with Gasteiger partial charge in [0.1, 0.15) is 42.2 Å². The number of nitrogens with one attached hydrogen (secondary N) is 1. The maximum atomic E-state index is 13.2. The molecule has 5 aliphatic rings. The van der Waals surface area contributed by atoms with Crippen molar-refractivity contribution in [2.45, 2.75) is 186 Å². The van der Waals surface area contributed by atoms with E-state index in [9.17, 15) is 9.90 Å². The Bertz CT molecular complexity index is 2750. The van der Waals surface area contributed by atoms with Gasteiger partial charge in [-0.05, 0) is 59.3 Å². The monoisotopic (exact) mass is 1160 g/mol. The molecule has 2 N–H and O–H groups in total. The van der Waals surface area contributed by atoms with Crippen molar-refractivity contribution in [2.75, 3.05) is 19.8 Å². The fourth-order valence-corrected chi connectivity index (χ4v) is 12.5. The number of benzene rings is 5. The molecule has 16 nitrogen and oxygen atoms in total. The molecule has 1 amide bonds. The number of amides is 1. The summed E-state index contributed by atoms with van der Waals surface area (Å²) in [6.45, 7) is 17.2. The summed E-state index contributed by atoms with van der Waals surface area (Å²) in [5.41, 5.74) is 3.46. The van der Waals surface area contributed by atoms with Crippen molar-refractivity contribution in [1.29, 1.82) is 0 Å². The van der Waals surface area contributed by atoms with Crippen LogP contribution < -0.4 is 5.32 Å². The Balaban J connectivity index is 1.03. The number of aliphatic hydroxyl groups excluding tert-OH is 1. The Hall–Kier alpha value is -4.99. The molecule has 84 heavy (non-hydrogen) atoms. The summed E-state index contributed by atoms with van der Waals surface area (Å²) in [5.74, 6) is -0.911. The molecular formula is C68H87NO15. The summed E-state index contributed by atoms with van der Waals surface area (Å²) in [5, 5.41) is 13.9. The number of aliphatic hydroxyl groups is 1. The lowest BCUT2D eigenvalue weighted by Crippen LogP contribution is -2.71. The lowest BCUT2D eigenvalue weighted by Gasteiger charge is -2.56. The fourth-order valence-electron chi connectivity index (χ4n) is 12.5. The minimum atomic E-state index is -1.22. The zero-order chi connectivity index (χ0) is 58.7. The largest absolute Gasteiger partial charge is 0.394 e.